The highest BCUT2D eigenvalue weighted by molar-refractivity contribution is 6.35. The Morgan fingerprint density at radius 2 is 1.65 bits per heavy atom. The van der Waals surface area contributed by atoms with Crippen molar-refractivity contribution in [3.8, 4) is 0 Å². The van der Waals surface area contributed by atoms with Crippen molar-refractivity contribution >= 4 is 40.5 Å². The van der Waals surface area contributed by atoms with Crippen LogP contribution >= 0.6 is 23.2 Å². The van der Waals surface area contributed by atoms with Gasteiger partial charge in [-0.05, 0) is 61.7 Å². The molecule has 0 radical (unpaired) electrons. The van der Waals surface area contributed by atoms with E-state index in [1.807, 2.05) is 24.3 Å². The standard InChI is InChI=1S/C18H18Cl2N2O/c19-14-6-9-16(20)17(12-14)21-18(23)13-4-7-15(8-5-13)22-10-2-1-3-11-22/h4-9,12H,1-3,10-11H2,(H,21,23). The van der Waals surface area contributed by atoms with Crippen molar-refractivity contribution in [2.75, 3.05) is 23.3 Å². The minimum atomic E-state index is -0.195. The van der Waals surface area contributed by atoms with E-state index >= 15 is 0 Å². The molecule has 5 heteroatoms. The highest BCUT2D eigenvalue weighted by atomic mass is 35.5. The maximum absolute atomic E-state index is 12.3. The third-order valence-electron chi connectivity index (χ3n) is 4.03. The first kappa shape index (κ1) is 16.2. The van der Waals surface area contributed by atoms with Crippen molar-refractivity contribution in [3.05, 3.63) is 58.1 Å². The number of nitrogens with zero attached hydrogens (tertiary/aromatic N) is 1. The zero-order valence-electron chi connectivity index (χ0n) is 12.7. The Bertz CT molecular complexity index is 695. The van der Waals surface area contributed by atoms with Crippen molar-refractivity contribution in [3.63, 3.8) is 0 Å². The number of hydrogen-bond acceptors (Lipinski definition) is 2. The van der Waals surface area contributed by atoms with Crippen LogP contribution in [0.15, 0.2) is 42.5 Å². The monoisotopic (exact) mass is 348 g/mol. The van der Waals surface area contributed by atoms with E-state index in [-0.39, 0.29) is 5.91 Å². The van der Waals surface area contributed by atoms with Gasteiger partial charge >= 0.3 is 0 Å². The first-order valence-electron chi connectivity index (χ1n) is 7.75. The highest BCUT2D eigenvalue weighted by Gasteiger charge is 2.13. The summed E-state index contributed by atoms with van der Waals surface area (Å²) < 4.78 is 0. The first-order chi connectivity index (χ1) is 11.1. The number of anilines is 2. The lowest BCUT2D eigenvalue weighted by atomic mass is 10.1. The number of rotatable bonds is 3. The Balaban J connectivity index is 1.71. The van der Waals surface area contributed by atoms with Gasteiger partial charge in [-0.15, -0.1) is 0 Å². The van der Waals surface area contributed by atoms with Gasteiger partial charge in [-0.3, -0.25) is 4.79 Å². The molecule has 3 rings (SSSR count). The van der Waals surface area contributed by atoms with Crippen LogP contribution in [-0.2, 0) is 0 Å². The molecule has 1 amide bonds. The van der Waals surface area contributed by atoms with Crippen LogP contribution in [-0.4, -0.2) is 19.0 Å². The summed E-state index contributed by atoms with van der Waals surface area (Å²) in [5.41, 5.74) is 2.29. The number of nitrogens with one attached hydrogen (secondary N) is 1. The maximum Gasteiger partial charge on any atom is 0.255 e. The number of piperidine rings is 1. The summed E-state index contributed by atoms with van der Waals surface area (Å²) >= 11 is 12.0. The minimum absolute atomic E-state index is 0.195. The Morgan fingerprint density at radius 3 is 2.35 bits per heavy atom. The molecule has 1 heterocycles. The van der Waals surface area contributed by atoms with E-state index in [9.17, 15) is 4.79 Å². The van der Waals surface area contributed by atoms with Gasteiger partial charge in [0.15, 0.2) is 0 Å². The van der Waals surface area contributed by atoms with Gasteiger partial charge in [0.2, 0.25) is 0 Å². The van der Waals surface area contributed by atoms with Crippen molar-refractivity contribution in [2.45, 2.75) is 19.3 Å². The zero-order chi connectivity index (χ0) is 16.2. The summed E-state index contributed by atoms with van der Waals surface area (Å²) in [7, 11) is 0. The smallest absolute Gasteiger partial charge is 0.255 e. The van der Waals surface area contributed by atoms with E-state index in [4.69, 9.17) is 23.2 Å². The van der Waals surface area contributed by atoms with Crippen molar-refractivity contribution < 1.29 is 4.79 Å². The summed E-state index contributed by atoms with van der Waals surface area (Å²) in [6.07, 6.45) is 3.77. The van der Waals surface area contributed by atoms with E-state index in [0.29, 0.717) is 21.3 Å². The van der Waals surface area contributed by atoms with E-state index in [1.165, 1.54) is 24.9 Å². The van der Waals surface area contributed by atoms with E-state index in [2.05, 4.69) is 10.2 Å². The first-order valence-corrected chi connectivity index (χ1v) is 8.50. The average molecular weight is 349 g/mol. The molecule has 0 atom stereocenters. The zero-order valence-corrected chi connectivity index (χ0v) is 14.2. The van der Waals surface area contributed by atoms with Crippen LogP contribution in [0.1, 0.15) is 29.6 Å². The number of hydrogen-bond donors (Lipinski definition) is 1. The Morgan fingerprint density at radius 1 is 0.957 bits per heavy atom. The fourth-order valence-corrected chi connectivity index (χ4v) is 3.10. The van der Waals surface area contributed by atoms with E-state index in [1.54, 1.807) is 18.2 Å². The molecule has 23 heavy (non-hydrogen) atoms. The lowest BCUT2D eigenvalue weighted by Gasteiger charge is -2.28. The maximum atomic E-state index is 12.3. The molecule has 0 saturated carbocycles. The normalized spacial score (nSPS) is 14.6. The molecule has 0 bridgehead atoms. The third kappa shape index (κ3) is 3.98. The second-order valence-electron chi connectivity index (χ2n) is 5.67. The van der Waals surface area contributed by atoms with E-state index in [0.717, 1.165) is 13.1 Å². The molecule has 0 spiro atoms. The SMILES string of the molecule is O=C(Nc1cc(Cl)ccc1Cl)c1ccc(N2CCCCC2)cc1. The predicted molar refractivity (Wildman–Crippen MR) is 96.9 cm³/mol. The molecule has 1 aliphatic rings. The van der Waals surface area contributed by atoms with Crippen molar-refractivity contribution in [1.29, 1.82) is 0 Å². The molecular formula is C18H18Cl2N2O. The molecule has 2 aromatic rings. The molecule has 120 valence electrons. The molecule has 1 fully saturated rings. The van der Waals surface area contributed by atoms with Crippen LogP contribution in [0.25, 0.3) is 0 Å². The largest absolute Gasteiger partial charge is 0.372 e. The Kier molecular flexibility index (Phi) is 5.09. The molecule has 1 aliphatic heterocycles. The second kappa shape index (κ2) is 7.24. The van der Waals surface area contributed by atoms with Gasteiger partial charge in [0.1, 0.15) is 0 Å². The Labute approximate surface area is 146 Å². The highest BCUT2D eigenvalue weighted by Crippen LogP contribution is 2.26. The summed E-state index contributed by atoms with van der Waals surface area (Å²) in [6, 6.07) is 12.7. The minimum Gasteiger partial charge on any atom is -0.372 e. The number of carbonyl (C=O) groups excluding carboxylic acids is 1. The summed E-state index contributed by atoms with van der Waals surface area (Å²) in [5.74, 6) is -0.195. The van der Waals surface area contributed by atoms with Gasteiger partial charge in [0.25, 0.3) is 5.91 Å². The van der Waals surface area contributed by atoms with E-state index < -0.39 is 0 Å². The van der Waals surface area contributed by atoms with Crippen LogP contribution in [0.2, 0.25) is 10.0 Å². The topological polar surface area (TPSA) is 32.3 Å². The molecule has 3 nitrogen and oxygen atoms in total. The van der Waals surface area contributed by atoms with Gasteiger partial charge in [-0.1, -0.05) is 23.2 Å². The summed E-state index contributed by atoms with van der Waals surface area (Å²) in [6.45, 7) is 2.17. The van der Waals surface area contributed by atoms with Crippen LogP contribution in [0, 0.1) is 0 Å². The molecule has 2 aromatic carbocycles. The van der Waals surface area contributed by atoms with Crippen LogP contribution in [0.4, 0.5) is 11.4 Å². The summed E-state index contributed by atoms with van der Waals surface area (Å²) in [4.78, 5) is 14.7. The number of amides is 1. The quantitative estimate of drug-likeness (QED) is 0.822. The molecule has 0 aromatic heterocycles. The predicted octanol–water partition coefficient (Wildman–Crippen LogP) is 5.24. The van der Waals surface area contributed by atoms with Gasteiger partial charge in [-0.2, -0.15) is 0 Å². The van der Waals surface area contributed by atoms with Crippen LogP contribution in [0.5, 0.6) is 0 Å². The number of carbonyl (C=O) groups is 1. The summed E-state index contributed by atoms with van der Waals surface area (Å²) in [5, 5.41) is 3.80. The molecular weight excluding hydrogens is 331 g/mol. The fourth-order valence-electron chi connectivity index (χ4n) is 2.76. The molecule has 0 unspecified atom stereocenters. The fraction of sp³-hybridized carbons (Fsp3) is 0.278. The van der Waals surface area contributed by atoms with Crippen molar-refractivity contribution in [1.82, 2.24) is 0 Å². The van der Waals surface area contributed by atoms with Gasteiger partial charge in [-0.25, -0.2) is 0 Å². The second-order valence-corrected chi connectivity index (χ2v) is 6.52. The lowest BCUT2D eigenvalue weighted by Crippen LogP contribution is -2.29. The average Bonchev–Trinajstić information content (AvgIpc) is 2.59. The molecule has 0 aliphatic carbocycles. The van der Waals surface area contributed by atoms with Crippen LogP contribution < -0.4 is 10.2 Å². The molecule has 1 saturated heterocycles. The molecule has 1 N–H and O–H groups in total. The number of benzene rings is 2. The Hall–Kier alpha value is -1.71. The third-order valence-corrected chi connectivity index (χ3v) is 4.59. The van der Waals surface area contributed by atoms with Crippen LogP contribution in [0.3, 0.4) is 0 Å². The van der Waals surface area contributed by atoms with Gasteiger partial charge in [0.05, 0.1) is 10.7 Å². The van der Waals surface area contributed by atoms with Gasteiger partial charge < -0.3 is 10.2 Å². The lowest BCUT2D eigenvalue weighted by molar-refractivity contribution is 0.102. The number of halogens is 2. The van der Waals surface area contributed by atoms with Gasteiger partial charge in [0, 0.05) is 29.4 Å². The van der Waals surface area contributed by atoms with Crippen molar-refractivity contribution in [2.24, 2.45) is 0 Å².